The highest BCUT2D eigenvalue weighted by Gasteiger charge is 2.20. The van der Waals surface area contributed by atoms with Gasteiger partial charge in [-0.3, -0.25) is 9.89 Å². The molecule has 2 aromatic heterocycles. The lowest BCUT2D eigenvalue weighted by atomic mass is 10.3. The first-order valence-corrected chi connectivity index (χ1v) is 10.2. The third-order valence-electron chi connectivity index (χ3n) is 4.19. The quantitative estimate of drug-likeness (QED) is 0.638. The van der Waals surface area contributed by atoms with Crippen LogP contribution in [0.25, 0.3) is 0 Å². The molecular weight excluding hydrogens is 352 g/mol. The average Bonchev–Trinajstić information content (AvgIpc) is 3.28. The highest BCUT2D eigenvalue weighted by Crippen LogP contribution is 2.18. The van der Waals surface area contributed by atoms with Crippen LogP contribution in [0.1, 0.15) is 10.6 Å². The fourth-order valence-corrected chi connectivity index (χ4v) is 4.33. The zero-order valence-electron chi connectivity index (χ0n) is 15.1. The van der Waals surface area contributed by atoms with Crippen molar-refractivity contribution in [3.05, 3.63) is 33.5 Å². The topological polar surface area (TPSA) is 47.0 Å². The van der Waals surface area contributed by atoms with Crippen molar-refractivity contribution in [2.45, 2.75) is 13.1 Å². The van der Waals surface area contributed by atoms with Crippen LogP contribution in [0.2, 0.25) is 0 Å². The Morgan fingerprint density at radius 2 is 2.08 bits per heavy atom. The Bertz CT molecular complexity index is 671. The van der Waals surface area contributed by atoms with Gasteiger partial charge < -0.3 is 15.1 Å². The zero-order valence-corrected chi connectivity index (χ0v) is 16.7. The van der Waals surface area contributed by atoms with Gasteiger partial charge in [0, 0.05) is 64.1 Å². The summed E-state index contributed by atoms with van der Waals surface area (Å²) < 4.78 is 0. The van der Waals surface area contributed by atoms with Crippen LogP contribution in [0, 0.1) is 0 Å². The number of hydrogen-bond acceptors (Lipinski definition) is 6. The molecule has 1 N–H and O–H groups in total. The molecule has 1 fully saturated rings. The standard InChI is InChI=1S/C17H26N6S2/c1-18-16(19-11-14-13-25-17(20-14)21(2)3)23-8-6-22(7-9-23)12-15-5-4-10-24-15/h4-5,10,13H,6-9,11-12H2,1-3H3,(H,18,19). The molecule has 2 aromatic rings. The summed E-state index contributed by atoms with van der Waals surface area (Å²) in [4.78, 5) is 17.4. The molecule has 0 amide bonds. The molecule has 0 saturated carbocycles. The Morgan fingerprint density at radius 1 is 1.28 bits per heavy atom. The molecule has 1 aliphatic heterocycles. The monoisotopic (exact) mass is 378 g/mol. The summed E-state index contributed by atoms with van der Waals surface area (Å²) >= 11 is 3.51. The summed E-state index contributed by atoms with van der Waals surface area (Å²) in [6.07, 6.45) is 0. The second kappa shape index (κ2) is 8.64. The Balaban J connectivity index is 1.47. The van der Waals surface area contributed by atoms with E-state index in [0.717, 1.165) is 49.5 Å². The van der Waals surface area contributed by atoms with Crippen molar-refractivity contribution >= 4 is 33.8 Å². The van der Waals surface area contributed by atoms with Crippen LogP contribution < -0.4 is 10.2 Å². The first-order chi connectivity index (χ1) is 12.2. The molecule has 1 aliphatic rings. The number of aliphatic imine (C=N–C) groups is 1. The van der Waals surface area contributed by atoms with Crippen molar-refractivity contribution in [3.8, 4) is 0 Å². The molecule has 0 aliphatic carbocycles. The zero-order chi connectivity index (χ0) is 17.6. The third kappa shape index (κ3) is 4.93. The van der Waals surface area contributed by atoms with Gasteiger partial charge in [0.1, 0.15) is 0 Å². The van der Waals surface area contributed by atoms with Gasteiger partial charge in [-0.15, -0.1) is 22.7 Å². The highest BCUT2D eigenvalue weighted by atomic mass is 32.1. The van der Waals surface area contributed by atoms with Crippen molar-refractivity contribution in [2.75, 3.05) is 52.2 Å². The molecule has 3 rings (SSSR count). The fourth-order valence-electron chi connectivity index (χ4n) is 2.83. The molecule has 1 saturated heterocycles. The molecule has 0 spiro atoms. The van der Waals surface area contributed by atoms with Crippen molar-refractivity contribution < 1.29 is 0 Å². The Morgan fingerprint density at radius 3 is 2.68 bits per heavy atom. The molecule has 0 unspecified atom stereocenters. The van der Waals surface area contributed by atoms with Crippen LogP contribution in [0.15, 0.2) is 27.9 Å². The van der Waals surface area contributed by atoms with Crippen molar-refractivity contribution in [1.29, 1.82) is 0 Å². The lowest BCUT2D eigenvalue weighted by molar-refractivity contribution is 0.173. The predicted molar refractivity (Wildman–Crippen MR) is 108 cm³/mol. The lowest BCUT2D eigenvalue weighted by Crippen LogP contribution is -2.52. The van der Waals surface area contributed by atoms with Gasteiger partial charge in [0.25, 0.3) is 0 Å². The van der Waals surface area contributed by atoms with Crippen LogP contribution >= 0.6 is 22.7 Å². The van der Waals surface area contributed by atoms with Crippen LogP contribution in [-0.2, 0) is 13.1 Å². The van der Waals surface area contributed by atoms with Crippen molar-refractivity contribution in [3.63, 3.8) is 0 Å². The maximum absolute atomic E-state index is 4.62. The first-order valence-electron chi connectivity index (χ1n) is 8.48. The van der Waals surface area contributed by atoms with Gasteiger partial charge in [-0.1, -0.05) is 6.07 Å². The first kappa shape index (κ1) is 18.2. The minimum absolute atomic E-state index is 0.715. The van der Waals surface area contributed by atoms with Crippen LogP contribution in [0.3, 0.4) is 0 Å². The summed E-state index contributed by atoms with van der Waals surface area (Å²) in [6, 6.07) is 4.34. The largest absolute Gasteiger partial charge is 0.354 e. The van der Waals surface area contributed by atoms with E-state index in [1.165, 1.54) is 4.88 Å². The summed E-state index contributed by atoms with van der Waals surface area (Å²) in [5.74, 6) is 0.968. The van der Waals surface area contributed by atoms with Crippen LogP contribution in [-0.4, -0.2) is 68.1 Å². The Labute approximate surface area is 157 Å². The average molecular weight is 379 g/mol. The number of nitrogens with one attached hydrogen (secondary N) is 1. The van der Waals surface area contributed by atoms with Gasteiger partial charge in [-0.25, -0.2) is 4.98 Å². The molecule has 8 heteroatoms. The molecular formula is C17H26N6S2. The predicted octanol–water partition coefficient (Wildman–Crippen LogP) is 2.16. The summed E-state index contributed by atoms with van der Waals surface area (Å²) in [7, 11) is 5.89. The van der Waals surface area contributed by atoms with Crippen LogP contribution in [0.4, 0.5) is 5.13 Å². The molecule has 0 atom stereocenters. The third-order valence-corrected chi connectivity index (χ3v) is 6.11. The minimum atomic E-state index is 0.715. The summed E-state index contributed by atoms with van der Waals surface area (Å²) in [5.41, 5.74) is 1.06. The number of thiazole rings is 1. The maximum atomic E-state index is 4.62. The van der Waals surface area contributed by atoms with Gasteiger partial charge in [0.15, 0.2) is 11.1 Å². The summed E-state index contributed by atoms with van der Waals surface area (Å²) in [5, 5.41) is 8.75. The van der Waals surface area contributed by atoms with E-state index in [-0.39, 0.29) is 0 Å². The lowest BCUT2D eigenvalue weighted by Gasteiger charge is -2.36. The Kier molecular flexibility index (Phi) is 6.28. The number of piperazine rings is 1. The molecule has 0 bridgehead atoms. The van der Waals surface area contributed by atoms with Gasteiger partial charge in [-0.2, -0.15) is 0 Å². The number of thiophene rings is 1. The molecule has 6 nitrogen and oxygen atoms in total. The van der Waals surface area contributed by atoms with Crippen molar-refractivity contribution in [1.82, 2.24) is 20.1 Å². The molecule has 25 heavy (non-hydrogen) atoms. The van der Waals surface area contributed by atoms with Gasteiger partial charge in [0.2, 0.25) is 0 Å². The second-order valence-electron chi connectivity index (χ2n) is 6.26. The molecule has 0 aromatic carbocycles. The minimum Gasteiger partial charge on any atom is -0.354 e. The van der Waals surface area contributed by atoms with Crippen molar-refractivity contribution in [2.24, 2.45) is 4.99 Å². The number of rotatable bonds is 5. The number of aromatic nitrogens is 1. The smallest absolute Gasteiger partial charge is 0.194 e. The van der Waals surface area contributed by atoms with E-state index in [1.807, 2.05) is 37.4 Å². The van der Waals surface area contributed by atoms with E-state index in [9.17, 15) is 0 Å². The molecule has 0 radical (unpaired) electrons. The normalized spacial score (nSPS) is 16.3. The fraction of sp³-hybridized carbons (Fsp3) is 0.529. The van der Waals surface area contributed by atoms with E-state index in [2.05, 4.69) is 48.0 Å². The maximum Gasteiger partial charge on any atom is 0.194 e. The second-order valence-corrected chi connectivity index (χ2v) is 8.13. The van der Waals surface area contributed by atoms with Crippen LogP contribution in [0.5, 0.6) is 0 Å². The van der Waals surface area contributed by atoms with Gasteiger partial charge in [-0.05, 0) is 11.4 Å². The number of anilines is 1. The van der Waals surface area contributed by atoms with Gasteiger partial charge in [0.05, 0.1) is 12.2 Å². The van der Waals surface area contributed by atoms with E-state index >= 15 is 0 Å². The molecule has 3 heterocycles. The Hall–Kier alpha value is -1.64. The van der Waals surface area contributed by atoms with E-state index in [1.54, 1.807) is 11.3 Å². The van der Waals surface area contributed by atoms with E-state index in [0.29, 0.717) is 6.54 Å². The van der Waals surface area contributed by atoms with E-state index < -0.39 is 0 Å². The molecule has 136 valence electrons. The van der Waals surface area contributed by atoms with Gasteiger partial charge >= 0.3 is 0 Å². The number of nitrogens with zero attached hydrogens (tertiary/aromatic N) is 5. The SMILES string of the molecule is CN=C(NCc1csc(N(C)C)n1)N1CCN(Cc2cccs2)CC1. The highest BCUT2D eigenvalue weighted by molar-refractivity contribution is 7.13. The number of hydrogen-bond donors (Lipinski definition) is 1. The van der Waals surface area contributed by atoms with E-state index in [4.69, 9.17) is 0 Å². The number of guanidine groups is 1. The summed E-state index contributed by atoms with van der Waals surface area (Å²) in [6.45, 7) is 5.92.